The predicted octanol–water partition coefficient (Wildman–Crippen LogP) is 4.28. The van der Waals surface area contributed by atoms with Gasteiger partial charge in [0.15, 0.2) is 10.9 Å². The zero-order valence-corrected chi connectivity index (χ0v) is 17.5. The maximum Gasteiger partial charge on any atom is 0.322 e. The number of aliphatic carboxylic acids is 1. The second-order valence-corrected chi connectivity index (χ2v) is 8.61. The van der Waals surface area contributed by atoms with E-state index in [1.165, 1.54) is 17.8 Å². The Morgan fingerprint density at radius 2 is 2.03 bits per heavy atom. The molecule has 4 rings (SSSR count). The zero-order valence-electron chi connectivity index (χ0n) is 16.7. The highest BCUT2D eigenvalue weighted by atomic mass is 32.1. The number of anilines is 3. The number of carboxylic acid groups (broad SMARTS) is 1. The van der Waals surface area contributed by atoms with Gasteiger partial charge in [0, 0.05) is 18.8 Å². The second-order valence-electron chi connectivity index (χ2n) is 7.63. The Labute approximate surface area is 178 Å². The number of aromatic nitrogens is 1. The van der Waals surface area contributed by atoms with Crippen LogP contribution in [-0.4, -0.2) is 41.6 Å². The maximum absolute atomic E-state index is 13.0. The van der Waals surface area contributed by atoms with Gasteiger partial charge < -0.3 is 20.6 Å². The van der Waals surface area contributed by atoms with Crippen LogP contribution in [0.15, 0.2) is 42.5 Å². The Balaban J connectivity index is 1.59. The van der Waals surface area contributed by atoms with Gasteiger partial charge in [-0.05, 0) is 41.7 Å². The van der Waals surface area contributed by atoms with E-state index < -0.39 is 5.97 Å². The summed E-state index contributed by atoms with van der Waals surface area (Å²) >= 11 is 1.30. The molecule has 3 aromatic rings. The summed E-state index contributed by atoms with van der Waals surface area (Å²) in [6.07, 6.45) is 2.26. The van der Waals surface area contributed by atoms with Crippen LogP contribution in [0.4, 0.5) is 16.6 Å². The van der Waals surface area contributed by atoms with Gasteiger partial charge in [-0.15, -0.1) is 0 Å². The van der Waals surface area contributed by atoms with Crippen LogP contribution in [0.1, 0.15) is 29.4 Å². The number of carboxylic acids is 1. The fourth-order valence-corrected chi connectivity index (χ4v) is 4.67. The SMILES string of the molecule is CC1CCCN(c2nc(NCC(=O)O)c(C(=O)Nc3ccc4ccccc4c3)s2)C1. The molecule has 1 aromatic heterocycles. The van der Waals surface area contributed by atoms with Crippen LogP contribution in [0.3, 0.4) is 0 Å². The molecule has 0 aliphatic carbocycles. The summed E-state index contributed by atoms with van der Waals surface area (Å²) in [5.41, 5.74) is 0.685. The molecule has 1 saturated heterocycles. The molecule has 3 N–H and O–H groups in total. The van der Waals surface area contributed by atoms with Crippen LogP contribution in [0.2, 0.25) is 0 Å². The van der Waals surface area contributed by atoms with Gasteiger partial charge in [-0.25, -0.2) is 4.98 Å². The van der Waals surface area contributed by atoms with Crippen LogP contribution in [0.5, 0.6) is 0 Å². The van der Waals surface area contributed by atoms with E-state index in [9.17, 15) is 9.59 Å². The smallest absolute Gasteiger partial charge is 0.322 e. The first-order valence-electron chi connectivity index (χ1n) is 10.0. The summed E-state index contributed by atoms with van der Waals surface area (Å²) in [6, 6.07) is 13.7. The third kappa shape index (κ3) is 4.54. The molecular formula is C22H24N4O3S. The summed E-state index contributed by atoms with van der Waals surface area (Å²) in [5, 5.41) is 17.6. The van der Waals surface area contributed by atoms with Crippen molar-refractivity contribution >= 4 is 50.6 Å². The number of piperidine rings is 1. The highest BCUT2D eigenvalue weighted by molar-refractivity contribution is 7.18. The molecule has 1 atom stereocenters. The number of rotatable bonds is 6. The van der Waals surface area contributed by atoms with Gasteiger partial charge in [-0.3, -0.25) is 9.59 Å². The summed E-state index contributed by atoms with van der Waals surface area (Å²) in [4.78, 5) is 31.2. The summed E-state index contributed by atoms with van der Waals surface area (Å²) in [5.74, 6) is -0.425. The van der Waals surface area contributed by atoms with Crippen LogP contribution < -0.4 is 15.5 Å². The van der Waals surface area contributed by atoms with Crippen molar-refractivity contribution in [2.75, 3.05) is 35.2 Å². The number of carbonyl (C=O) groups is 2. The van der Waals surface area contributed by atoms with Crippen LogP contribution in [0, 0.1) is 5.92 Å². The first-order valence-corrected chi connectivity index (χ1v) is 10.8. The van der Waals surface area contributed by atoms with E-state index in [-0.39, 0.29) is 12.5 Å². The molecule has 0 bridgehead atoms. The summed E-state index contributed by atoms with van der Waals surface area (Å²) in [7, 11) is 0. The largest absolute Gasteiger partial charge is 0.480 e. The average Bonchev–Trinajstić information content (AvgIpc) is 3.17. The molecule has 1 unspecified atom stereocenters. The van der Waals surface area contributed by atoms with Crippen molar-refractivity contribution in [2.45, 2.75) is 19.8 Å². The normalized spacial score (nSPS) is 16.4. The fraction of sp³-hybridized carbons (Fsp3) is 0.318. The molecule has 8 heteroatoms. The quantitative estimate of drug-likeness (QED) is 0.547. The van der Waals surface area contributed by atoms with Crippen LogP contribution in [0.25, 0.3) is 10.8 Å². The van der Waals surface area contributed by atoms with Gasteiger partial charge in [0.2, 0.25) is 0 Å². The number of carbonyl (C=O) groups excluding carboxylic acids is 1. The number of amides is 1. The highest BCUT2D eigenvalue weighted by Crippen LogP contribution is 2.33. The van der Waals surface area contributed by atoms with Gasteiger partial charge >= 0.3 is 5.97 Å². The number of hydrogen-bond acceptors (Lipinski definition) is 6. The third-order valence-corrected chi connectivity index (χ3v) is 6.28. The number of fused-ring (bicyclic) bond motifs is 1. The minimum Gasteiger partial charge on any atom is -0.480 e. The van der Waals surface area contributed by atoms with E-state index in [2.05, 4.69) is 27.4 Å². The van der Waals surface area contributed by atoms with Gasteiger partial charge in [-0.2, -0.15) is 0 Å². The Morgan fingerprint density at radius 1 is 1.23 bits per heavy atom. The average molecular weight is 425 g/mol. The van der Waals surface area contributed by atoms with Crippen molar-refractivity contribution in [3.63, 3.8) is 0 Å². The highest BCUT2D eigenvalue weighted by Gasteiger charge is 2.24. The molecule has 30 heavy (non-hydrogen) atoms. The van der Waals surface area contributed by atoms with Crippen molar-refractivity contribution in [3.05, 3.63) is 47.3 Å². The van der Waals surface area contributed by atoms with Crippen LogP contribution in [-0.2, 0) is 4.79 Å². The van der Waals surface area contributed by atoms with Crippen molar-refractivity contribution in [1.29, 1.82) is 0 Å². The van der Waals surface area contributed by atoms with Gasteiger partial charge in [0.1, 0.15) is 11.4 Å². The minimum atomic E-state index is -1.00. The lowest BCUT2D eigenvalue weighted by molar-refractivity contribution is -0.134. The second kappa shape index (κ2) is 8.71. The standard InChI is InChI=1S/C22H24N4O3S/c1-14-5-4-10-26(13-14)22-25-20(23-12-18(27)28)19(30-22)21(29)24-17-9-8-15-6-2-3-7-16(15)11-17/h2-3,6-9,11,14,23H,4-5,10,12-13H2,1H3,(H,24,29)(H,27,28). The number of nitrogens with one attached hydrogen (secondary N) is 2. The maximum atomic E-state index is 13.0. The minimum absolute atomic E-state index is 0.296. The predicted molar refractivity (Wildman–Crippen MR) is 121 cm³/mol. The lowest BCUT2D eigenvalue weighted by Gasteiger charge is -2.30. The first kappa shape index (κ1) is 20.2. The Hall–Kier alpha value is -3.13. The monoisotopic (exact) mass is 424 g/mol. The first-order chi connectivity index (χ1) is 14.5. The van der Waals surface area contributed by atoms with Crippen molar-refractivity contribution < 1.29 is 14.7 Å². The molecule has 0 saturated carbocycles. The molecule has 0 radical (unpaired) electrons. The lowest BCUT2D eigenvalue weighted by Crippen LogP contribution is -2.34. The van der Waals surface area contributed by atoms with E-state index in [0.29, 0.717) is 22.3 Å². The number of benzene rings is 2. The molecule has 1 amide bonds. The molecule has 1 aliphatic heterocycles. The number of thiazole rings is 1. The van der Waals surface area contributed by atoms with E-state index >= 15 is 0 Å². The lowest BCUT2D eigenvalue weighted by atomic mass is 10.0. The fourth-order valence-electron chi connectivity index (χ4n) is 3.70. The third-order valence-electron chi connectivity index (χ3n) is 5.16. The topological polar surface area (TPSA) is 94.6 Å². The Morgan fingerprint density at radius 3 is 2.80 bits per heavy atom. The Kier molecular flexibility index (Phi) is 5.85. The number of nitrogens with zero attached hydrogens (tertiary/aromatic N) is 2. The Bertz CT molecular complexity index is 1080. The number of hydrogen-bond donors (Lipinski definition) is 3. The van der Waals surface area contributed by atoms with Crippen molar-refractivity contribution in [2.24, 2.45) is 5.92 Å². The van der Waals surface area contributed by atoms with E-state index in [1.54, 1.807) is 0 Å². The van der Waals surface area contributed by atoms with E-state index in [1.807, 2.05) is 42.5 Å². The van der Waals surface area contributed by atoms with Crippen molar-refractivity contribution in [3.8, 4) is 0 Å². The molecule has 1 fully saturated rings. The van der Waals surface area contributed by atoms with Gasteiger partial charge in [0.25, 0.3) is 5.91 Å². The summed E-state index contributed by atoms with van der Waals surface area (Å²) < 4.78 is 0. The van der Waals surface area contributed by atoms with Crippen molar-refractivity contribution in [1.82, 2.24) is 4.98 Å². The molecular weight excluding hydrogens is 400 g/mol. The van der Waals surface area contributed by atoms with E-state index in [4.69, 9.17) is 5.11 Å². The van der Waals surface area contributed by atoms with Gasteiger partial charge in [-0.1, -0.05) is 48.6 Å². The van der Waals surface area contributed by atoms with Crippen LogP contribution >= 0.6 is 11.3 Å². The zero-order chi connectivity index (χ0) is 21.1. The molecule has 1 aliphatic rings. The molecule has 156 valence electrons. The molecule has 2 heterocycles. The molecule has 0 spiro atoms. The van der Waals surface area contributed by atoms with E-state index in [0.717, 1.165) is 35.4 Å². The molecule has 2 aromatic carbocycles. The summed E-state index contributed by atoms with van der Waals surface area (Å²) in [6.45, 7) is 3.69. The van der Waals surface area contributed by atoms with Gasteiger partial charge in [0.05, 0.1) is 0 Å². The molecule has 7 nitrogen and oxygen atoms in total.